The summed E-state index contributed by atoms with van der Waals surface area (Å²) >= 11 is 0. The van der Waals surface area contributed by atoms with Crippen molar-refractivity contribution in [2.45, 2.75) is 32.9 Å². The van der Waals surface area contributed by atoms with Gasteiger partial charge in [-0.15, -0.1) is 5.10 Å². The molecule has 1 atom stereocenters. The first kappa shape index (κ1) is 13.2. The highest BCUT2D eigenvalue weighted by molar-refractivity contribution is 5.76. The van der Waals surface area contributed by atoms with E-state index in [0.29, 0.717) is 0 Å². The van der Waals surface area contributed by atoms with Gasteiger partial charge in [0.15, 0.2) is 0 Å². The Labute approximate surface area is 111 Å². The number of carbonyl (C=O) groups is 1. The molecule has 100 valence electrons. The van der Waals surface area contributed by atoms with Gasteiger partial charge in [-0.05, 0) is 29.3 Å². The second kappa shape index (κ2) is 6.08. The number of nitrogens with one attached hydrogen (secondary N) is 1. The highest BCUT2D eigenvalue weighted by atomic mass is 16.2. The zero-order valence-corrected chi connectivity index (χ0v) is 11.1. The van der Waals surface area contributed by atoms with E-state index in [2.05, 4.69) is 20.8 Å². The highest BCUT2D eigenvalue weighted by Crippen LogP contribution is 2.16. The Morgan fingerprint density at radius 1 is 1.37 bits per heavy atom. The van der Waals surface area contributed by atoms with E-state index >= 15 is 0 Å². The molecular weight excluding hydrogens is 242 g/mol. The topological polar surface area (TPSA) is 72.7 Å². The molecule has 0 fully saturated rings. The smallest absolute Gasteiger partial charge is 0.242 e. The van der Waals surface area contributed by atoms with E-state index in [0.717, 1.165) is 12.0 Å². The number of benzene rings is 1. The summed E-state index contributed by atoms with van der Waals surface area (Å²) in [6, 6.07) is 8.20. The molecule has 0 saturated carbocycles. The van der Waals surface area contributed by atoms with Crippen molar-refractivity contribution in [2.75, 3.05) is 0 Å². The lowest BCUT2D eigenvalue weighted by molar-refractivity contribution is -0.122. The predicted molar refractivity (Wildman–Crippen MR) is 70.2 cm³/mol. The van der Waals surface area contributed by atoms with Crippen LogP contribution in [-0.4, -0.2) is 26.1 Å². The summed E-state index contributed by atoms with van der Waals surface area (Å²) in [5, 5.41) is 13.6. The first-order chi connectivity index (χ1) is 9.19. The predicted octanol–water partition coefficient (Wildman–Crippen LogP) is 1.25. The average molecular weight is 259 g/mol. The van der Waals surface area contributed by atoms with Crippen LogP contribution in [-0.2, 0) is 11.3 Å². The summed E-state index contributed by atoms with van der Waals surface area (Å²) in [6.07, 6.45) is 2.26. The lowest BCUT2D eigenvalue weighted by atomic mass is 10.0. The molecule has 1 amide bonds. The lowest BCUT2D eigenvalue weighted by Gasteiger charge is -2.17. The van der Waals surface area contributed by atoms with Crippen molar-refractivity contribution < 1.29 is 4.79 Å². The third-order valence-electron chi connectivity index (χ3n) is 2.92. The van der Waals surface area contributed by atoms with E-state index in [1.165, 1.54) is 16.6 Å². The van der Waals surface area contributed by atoms with Gasteiger partial charge in [-0.3, -0.25) is 4.79 Å². The first-order valence-electron chi connectivity index (χ1n) is 6.25. The molecule has 0 radical (unpaired) electrons. The number of nitrogens with zero attached hydrogens (tertiary/aromatic N) is 4. The van der Waals surface area contributed by atoms with Crippen LogP contribution in [0, 0.1) is 6.92 Å². The monoisotopic (exact) mass is 259 g/mol. The van der Waals surface area contributed by atoms with Gasteiger partial charge in [-0.25, -0.2) is 4.68 Å². The van der Waals surface area contributed by atoms with Crippen molar-refractivity contribution in [1.29, 1.82) is 0 Å². The fourth-order valence-corrected chi connectivity index (χ4v) is 1.86. The van der Waals surface area contributed by atoms with E-state index in [1.54, 1.807) is 0 Å². The Kier molecular flexibility index (Phi) is 4.22. The molecule has 2 aromatic rings. The molecule has 6 nitrogen and oxygen atoms in total. The van der Waals surface area contributed by atoms with E-state index in [1.807, 2.05) is 38.1 Å². The van der Waals surface area contributed by atoms with Gasteiger partial charge >= 0.3 is 0 Å². The fourth-order valence-electron chi connectivity index (χ4n) is 1.86. The number of hydrogen-bond acceptors (Lipinski definition) is 4. The van der Waals surface area contributed by atoms with Crippen LogP contribution >= 0.6 is 0 Å². The zero-order valence-electron chi connectivity index (χ0n) is 11.1. The summed E-state index contributed by atoms with van der Waals surface area (Å²) in [6.45, 7) is 4.22. The molecule has 0 aliphatic rings. The lowest BCUT2D eigenvalue weighted by Crippen LogP contribution is -2.31. The minimum Gasteiger partial charge on any atom is -0.348 e. The molecule has 1 aromatic heterocycles. The maximum Gasteiger partial charge on any atom is 0.242 e. The summed E-state index contributed by atoms with van der Waals surface area (Å²) < 4.78 is 1.40. The normalized spacial score (nSPS) is 12.1. The van der Waals surface area contributed by atoms with Gasteiger partial charge in [0.25, 0.3) is 0 Å². The largest absolute Gasteiger partial charge is 0.348 e. The minimum atomic E-state index is -0.0975. The first-order valence-corrected chi connectivity index (χ1v) is 6.25. The fraction of sp³-hybridized carbons (Fsp3) is 0.385. The van der Waals surface area contributed by atoms with Gasteiger partial charge in [-0.2, -0.15) is 0 Å². The number of aromatic nitrogens is 4. The minimum absolute atomic E-state index is 0.0181. The van der Waals surface area contributed by atoms with Gasteiger partial charge in [0.1, 0.15) is 12.9 Å². The standard InChI is InChI=1S/C13H17N5O/c1-3-12(11-6-4-10(2)5-7-11)15-13(19)8-18-9-14-16-17-18/h4-7,9,12H,3,8H2,1-2H3,(H,15,19). The van der Waals surface area contributed by atoms with Crippen LogP contribution in [0.3, 0.4) is 0 Å². The molecule has 1 N–H and O–H groups in total. The molecule has 0 saturated heterocycles. The quantitative estimate of drug-likeness (QED) is 0.877. The molecule has 1 heterocycles. The molecule has 1 aromatic carbocycles. The Balaban J connectivity index is 1.98. The molecule has 0 bridgehead atoms. The molecule has 2 rings (SSSR count). The molecule has 0 aliphatic heterocycles. The SMILES string of the molecule is CCC(NC(=O)Cn1cnnn1)c1ccc(C)cc1. The maximum atomic E-state index is 11.9. The number of amides is 1. The van der Waals surface area contributed by atoms with Crippen molar-refractivity contribution >= 4 is 5.91 Å². The highest BCUT2D eigenvalue weighted by Gasteiger charge is 2.13. The van der Waals surface area contributed by atoms with Crippen molar-refractivity contribution in [3.63, 3.8) is 0 Å². The number of hydrogen-bond donors (Lipinski definition) is 1. The van der Waals surface area contributed by atoms with E-state index in [4.69, 9.17) is 0 Å². The summed E-state index contributed by atoms with van der Waals surface area (Å²) in [7, 11) is 0. The van der Waals surface area contributed by atoms with Crippen molar-refractivity contribution in [3.05, 3.63) is 41.7 Å². The van der Waals surface area contributed by atoms with Gasteiger partial charge in [0.2, 0.25) is 5.91 Å². The van der Waals surface area contributed by atoms with Crippen LogP contribution in [0.2, 0.25) is 0 Å². The van der Waals surface area contributed by atoms with Gasteiger partial charge in [-0.1, -0.05) is 36.8 Å². The summed E-state index contributed by atoms with van der Waals surface area (Å²) in [5.74, 6) is -0.0975. The van der Waals surface area contributed by atoms with Crippen LogP contribution in [0.5, 0.6) is 0 Å². The van der Waals surface area contributed by atoms with Crippen LogP contribution in [0.25, 0.3) is 0 Å². The van der Waals surface area contributed by atoms with Crippen molar-refractivity contribution in [3.8, 4) is 0 Å². The van der Waals surface area contributed by atoms with Gasteiger partial charge < -0.3 is 5.32 Å². The van der Waals surface area contributed by atoms with E-state index < -0.39 is 0 Å². The van der Waals surface area contributed by atoms with Crippen molar-refractivity contribution in [1.82, 2.24) is 25.5 Å². The number of tetrazole rings is 1. The van der Waals surface area contributed by atoms with Gasteiger partial charge in [0.05, 0.1) is 6.04 Å². The molecule has 0 aliphatic carbocycles. The third-order valence-corrected chi connectivity index (χ3v) is 2.92. The summed E-state index contributed by atoms with van der Waals surface area (Å²) in [4.78, 5) is 11.9. The Morgan fingerprint density at radius 2 is 2.11 bits per heavy atom. The Bertz CT molecular complexity index is 520. The van der Waals surface area contributed by atoms with E-state index in [-0.39, 0.29) is 18.5 Å². The molecule has 1 unspecified atom stereocenters. The molecular formula is C13H17N5O. The maximum absolute atomic E-state index is 11.9. The van der Waals surface area contributed by atoms with Crippen molar-refractivity contribution in [2.24, 2.45) is 0 Å². The number of carbonyl (C=O) groups excluding carboxylic acids is 1. The average Bonchev–Trinajstić information content (AvgIpc) is 2.90. The number of aryl methyl sites for hydroxylation is 1. The van der Waals surface area contributed by atoms with Crippen LogP contribution in [0.1, 0.15) is 30.5 Å². The van der Waals surface area contributed by atoms with Gasteiger partial charge in [0, 0.05) is 0 Å². The zero-order chi connectivity index (χ0) is 13.7. The molecule has 19 heavy (non-hydrogen) atoms. The molecule has 0 spiro atoms. The van der Waals surface area contributed by atoms with Crippen LogP contribution in [0.15, 0.2) is 30.6 Å². The molecule has 6 heteroatoms. The Morgan fingerprint density at radius 3 is 2.68 bits per heavy atom. The second-order valence-corrected chi connectivity index (χ2v) is 4.45. The Hall–Kier alpha value is -2.24. The third kappa shape index (κ3) is 3.61. The van der Waals surface area contributed by atoms with Crippen LogP contribution in [0.4, 0.5) is 0 Å². The second-order valence-electron chi connectivity index (χ2n) is 4.45. The number of rotatable bonds is 5. The van der Waals surface area contributed by atoms with Crippen LogP contribution < -0.4 is 5.32 Å². The van der Waals surface area contributed by atoms with E-state index in [9.17, 15) is 4.79 Å². The summed E-state index contributed by atoms with van der Waals surface area (Å²) in [5.41, 5.74) is 2.32.